The SMILES string of the molecule is CC(C)c1ccc([C@H](NC(=O)N2CCN(CC(=O)NC(C)(C)C)CC2)C(C)C)cc1. The van der Waals surface area contributed by atoms with Crippen LogP contribution in [0.3, 0.4) is 0 Å². The number of nitrogens with zero attached hydrogens (tertiary/aromatic N) is 2. The highest BCUT2D eigenvalue weighted by molar-refractivity contribution is 5.79. The Bertz CT molecular complexity index is 699. The molecule has 1 aliphatic rings. The molecule has 3 amide bonds. The third-order valence-electron chi connectivity index (χ3n) is 5.45. The molecule has 2 rings (SSSR count). The number of amides is 3. The van der Waals surface area contributed by atoms with Crippen molar-refractivity contribution in [1.29, 1.82) is 0 Å². The lowest BCUT2D eigenvalue weighted by Gasteiger charge is -2.36. The smallest absolute Gasteiger partial charge is 0.317 e. The molecule has 0 radical (unpaired) electrons. The van der Waals surface area contributed by atoms with E-state index in [-0.39, 0.29) is 23.5 Å². The lowest BCUT2D eigenvalue weighted by atomic mass is 9.93. The maximum absolute atomic E-state index is 12.9. The Kier molecular flexibility index (Phi) is 8.30. The zero-order chi connectivity index (χ0) is 22.5. The van der Waals surface area contributed by atoms with Gasteiger partial charge in [0.15, 0.2) is 0 Å². The molecule has 0 unspecified atom stereocenters. The summed E-state index contributed by atoms with van der Waals surface area (Å²) in [6.45, 7) is 17.6. The number of carbonyl (C=O) groups is 2. The van der Waals surface area contributed by atoms with Crippen molar-refractivity contribution in [2.75, 3.05) is 32.7 Å². The largest absolute Gasteiger partial charge is 0.350 e. The number of carbonyl (C=O) groups excluding carboxylic acids is 2. The van der Waals surface area contributed by atoms with Gasteiger partial charge in [-0.05, 0) is 43.7 Å². The monoisotopic (exact) mass is 416 g/mol. The number of rotatable bonds is 6. The Labute approximate surface area is 182 Å². The zero-order valence-electron chi connectivity index (χ0n) is 19.8. The number of hydrogen-bond donors (Lipinski definition) is 2. The molecule has 1 aliphatic heterocycles. The molecule has 2 N–H and O–H groups in total. The van der Waals surface area contributed by atoms with E-state index in [2.05, 4.69) is 67.5 Å². The molecule has 6 nitrogen and oxygen atoms in total. The van der Waals surface area contributed by atoms with Crippen molar-refractivity contribution in [2.45, 2.75) is 66.0 Å². The van der Waals surface area contributed by atoms with Crippen LogP contribution in [-0.2, 0) is 4.79 Å². The number of hydrogen-bond acceptors (Lipinski definition) is 3. The average Bonchev–Trinajstić information content (AvgIpc) is 2.64. The van der Waals surface area contributed by atoms with Crippen LogP contribution in [0.15, 0.2) is 24.3 Å². The molecule has 0 spiro atoms. The van der Waals surface area contributed by atoms with E-state index >= 15 is 0 Å². The highest BCUT2D eigenvalue weighted by Crippen LogP contribution is 2.24. The highest BCUT2D eigenvalue weighted by atomic mass is 16.2. The van der Waals surface area contributed by atoms with E-state index in [0.29, 0.717) is 44.6 Å². The molecule has 1 aromatic rings. The Balaban J connectivity index is 1.89. The first-order valence-corrected chi connectivity index (χ1v) is 11.1. The van der Waals surface area contributed by atoms with Gasteiger partial charge in [-0.1, -0.05) is 52.0 Å². The van der Waals surface area contributed by atoms with Crippen molar-refractivity contribution in [3.05, 3.63) is 35.4 Å². The summed E-state index contributed by atoms with van der Waals surface area (Å²) in [5.74, 6) is 0.819. The first kappa shape index (κ1) is 24.2. The van der Waals surface area contributed by atoms with Crippen molar-refractivity contribution in [3.8, 4) is 0 Å². The lowest BCUT2D eigenvalue weighted by molar-refractivity contribution is -0.124. The molecular weight excluding hydrogens is 376 g/mol. The van der Waals surface area contributed by atoms with E-state index in [0.717, 1.165) is 5.56 Å². The summed E-state index contributed by atoms with van der Waals surface area (Å²) >= 11 is 0. The summed E-state index contributed by atoms with van der Waals surface area (Å²) in [7, 11) is 0. The topological polar surface area (TPSA) is 64.7 Å². The van der Waals surface area contributed by atoms with Crippen LogP contribution in [0.1, 0.15) is 71.6 Å². The average molecular weight is 417 g/mol. The first-order valence-electron chi connectivity index (χ1n) is 11.1. The third kappa shape index (κ3) is 7.31. The summed E-state index contributed by atoms with van der Waals surface area (Å²) in [4.78, 5) is 29.0. The number of nitrogens with one attached hydrogen (secondary N) is 2. The van der Waals surface area contributed by atoms with Crippen LogP contribution in [0, 0.1) is 5.92 Å². The van der Waals surface area contributed by atoms with E-state index in [1.165, 1.54) is 5.56 Å². The number of piperazine rings is 1. The molecular formula is C24H40N4O2. The molecule has 168 valence electrons. The second kappa shape index (κ2) is 10.3. The van der Waals surface area contributed by atoms with E-state index < -0.39 is 0 Å². The van der Waals surface area contributed by atoms with Crippen molar-refractivity contribution in [1.82, 2.24) is 20.4 Å². The maximum atomic E-state index is 12.9. The molecule has 6 heteroatoms. The molecule has 0 bridgehead atoms. The van der Waals surface area contributed by atoms with E-state index in [1.807, 2.05) is 25.7 Å². The molecule has 0 aromatic heterocycles. The summed E-state index contributed by atoms with van der Waals surface area (Å²) in [5, 5.41) is 6.22. The third-order valence-corrected chi connectivity index (χ3v) is 5.45. The van der Waals surface area contributed by atoms with Crippen LogP contribution in [0.4, 0.5) is 4.79 Å². The Hall–Kier alpha value is -2.08. The standard InChI is InChI=1S/C24H40N4O2/c1-17(2)19-8-10-20(11-9-19)22(18(3)4)25-23(30)28-14-12-27(13-15-28)16-21(29)26-24(5,6)7/h8-11,17-18,22H,12-16H2,1-7H3,(H,25,30)(H,26,29)/t22-/m1/s1. The van der Waals surface area contributed by atoms with Crippen molar-refractivity contribution in [2.24, 2.45) is 5.92 Å². The lowest BCUT2D eigenvalue weighted by Crippen LogP contribution is -2.55. The minimum Gasteiger partial charge on any atom is -0.350 e. The molecule has 1 aromatic carbocycles. The van der Waals surface area contributed by atoms with Gasteiger partial charge in [-0.3, -0.25) is 9.69 Å². The van der Waals surface area contributed by atoms with Gasteiger partial charge in [0, 0.05) is 31.7 Å². The fraction of sp³-hybridized carbons (Fsp3) is 0.667. The van der Waals surface area contributed by atoms with Crippen LogP contribution in [-0.4, -0.2) is 60.0 Å². The minimum absolute atomic E-state index is 0.0192. The molecule has 0 aliphatic carbocycles. The van der Waals surface area contributed by atoms with Gasteiger partial charge >= 0.3 is 6.03 Å². The summed E-state index contributed by atoms with van der Waals surface area (Å²) in [6, 6.07) is 8.53. The van der Waals surface area contributed by atoms with E-state index in [1.54, 1.807) is 0 Å². The van der Waals surface area contributed by atoms with Gasteiger partial charge in [-0.15, -0.1) is 0 Å². The van der Waals surface area contributed by atoms with Crippen LogP contribution >= 0.6 is 0 Å². The fourth-order valence-corrected chi connectivity index (χ4v) is 3.72. The van der Waals surface area contributed by atoms with Gasteiger partial charge in [-0.2, -0.15) is 0 Å². The van der Waals surface area contributed by atoms with Crippen LogP contribution in [0.25, 0.3) is 0 Å². The van der Waals surface area contributed by atoms with E-state index in [4.69, 9.17) is 0 Å². The normalized spacial score (nSPS) is 16.6. The predicted octanol–water partition coefficient (Wildman–Crippen LogP) is 3.75. The molecule has 1 fully saturated rings. The van der Waals surface area contributed by atoms with Gasteiger partial charge in [0.2, 0.25) is 5.91 Å². The minimum atomic E-state index is -0.224. The Morgan fingerprint density at radius 3 is 1.93 bits per heavy atom. The molecule has 1 heterocycles. The van der Waals surface area contributed by atoms with Crippen LogP contribution in [0.2, 0.25) is 0 Å². The van der Waals surface area contributed by atoms with Gasteiger partial charge in [-0.25, -0.2) is 4.79 Å². The quantitative estimate of drug-likeness (QED) is 0.742. The summed E-state index contributed by atoms with van der Waals surface area (Å²) in [6.07, 6.45) is 0. The van der Waals surface area contributed by atoms with Gasteiger partial charge in [0.05, 0.1) is 12.6 Å². The summed E-state index contributed by atoms with van der Waals surface area (Å²) < 4.78 is 0. The molecule has 30 heavy (non-hydrogen) atoms. The zero-order valence-corrected chi connectivity index (χ0v) is 19.8. The number of urea groups is 1. The van der Waals surface area contributed by atoms with Gasteiger partial charge < -0.3 is 15.5 Å². The second-order valence-electron chi connectivity index (χ2n) is 10.1. The van der Waals surface area contributed by atoms with E-state index in [9.17, 15) is 9.59 Å². The number of benzene rings is 1. The van der Waals surface area contributed by atoms with Crippen molar-refractivity contribution >= 4 is 11.9 Å². The Morgan fingerprint density at radius 2 is 1.47 bits per heavy atom. The molecule has 1 saturated heterocycles. The van der Waals surface area contributed by atoms with Gasteiger partial charge in [0.1, 0.15) is 0 Å². The van der Waals surface area contributed by atoms with Crippen LogP contribution < -0.4 is 10.6 Å². The Morgan fingerprint density at radius 1 is 0.933 bits per heavy atom. The van der Waals surface area contributed by atoms with Crippen molar-refractivity contribution in [3.63, 3.8) is 0 Å². The fourth-order valence-electron chi connectivity index (χ4n) is 3.72. The van der Waals surface area contributed by atoms with Crippen molar-refractivity contribution < 1.29 is 9.59 Å². The maximum Gasteiger partial charge on any atom is 0.317 e. The second-order valence-corrected chi connectivity index (χ2v) is 10.1. The predicted molar refractivity (Wildman–Crippen MR) is 123 cm³/mol. The first-order chi connectivity index (χ1) is 14.0. The van der Waals surface area contributed by atoms with Crippen LogP contribution in [0.5, 0.6) is 0 Å². The highest BCUT2D eigenvalue weighted by Gasteiger charge is 2.26. The molecule has 0 saturated carbocycles. The summed E-state index contributed by atoms with van der Waals surface area (Å²) in [5.41, 5.74) is 2.22. The van der Waals surface area contributed by atoms with Gasteiger partial charge in [0.25, 0.3) is 0 Å². The molecule has 1 atom stereocenters.